The fourth-order valence-corrected chi connectivity index (χ4v) is 3.19. The van der Waals surface area contributed by atoms with Crippen LogP contribution >= 0.6 is 15.9 Å². The number of carbonyl (C=O) groups excluding carboxylic acids is 1. The van der Waals surface area contributed by atoms with Crippen LogP contribution in [0.1, 0.15) is 27.0 Å². The van der Waals surface area contributed by atoms with Crippen LogP contribution in [0.5, 0.6) is 11.5 Å². The lowest BCUT2D eigenvalue weighted by Gasteiger charge is -2.13. The Morgan fingerprint density at radius 2 is 1.83 bits per heavy atom. The average Bonchev–Trinajstić information content (AvgIpc) is 2.73. The zero-order chi connectivity index (χ0) is 20.6. The first-order valence-corrected chi connectivity index (χ1v) is 9.80. The van der Waals surface area contributed by atoms with Crippen LogP contribution in [0.3, 0.4) is 0 Å². The first-order valence-electron chi connectivity index (χ1n) is 9.01. The maximum atomic E-state index is 12.1. The average molecular weight is 453 g/mol. The highest BCUT2D eigenvalue weighted by Gasteiger charge is 2.12. The van der Waals surface area contributed by atoms with E-state index in [4.69, 9.17) is 9.47 Å². The first-order chi connectivity index (χ1) is 14.1. The van der Waals surface area contributed by atoms with Crippen molar-refractivity contribution in [2.75, 3.05) is 7.11 Å². The molecule has 0 bridgehead atoms. The van der Waals surface area contributed by atoms with Gasteiger partial charge in [0.2, 0.25) is 0 Å². The molecule has 148 valence electrons. The molecular formula is C23H21BrN2O3. The van der Waals surface area contributed by atoms with Crippen molar-refractivity contribution in [1.29, 1.82) is 0 Å². The van der Waals surface area contributed by atoms with E-state index in [2.05, 4.69) is 26.5 Å². The Morgan fingerprint density at radius 3 is 2.52 bits per heavy atom. The summed E-state index contributed by atoms with van der Waals surface area (Å²) in [5, 5.41) is 4.04. The van der Waals surface area contributed by atoms with Gasteiger partial charge in [-0.2, -0.15) is 5.10 Å². The van der Waals surface area contributed by atoms with E-state index in [1.54, 1.807) is 31.5 Å². The number of hydrogen-bond acceptors (Lipinski definition) is 4. The van der Waals surface area contributed by atoms with Gasteiger partial charge in [0.15, 0.2) is 11.5 Å². The number of halogens is 1. The second-order valence-electron chi connectivity index (χ2n) is 6.37. The summed E-state index contributed by atoms with van der Waals surface area (Å²) in [6.07, 6.45) is 1.56. The number of benzene rings is 3. The number of carbonyl (C=O) groups is 1. The van der Waals surface area contributed by atoms with E-state index in [1.807, 2.05) is 55.5 Å². The summed E-state index contributed by atoms with van der Waals surface area (Å²) in [4.78, 5) is 12.1. The van der Waals surface area contributed by atoms with E-state index in [1.165, 1.54) is 0 Å². The highest BCUT2D eigenvalue weighted by Crippen LogP contribution is 2.36. The normalized spacial score (nSPS) is 10.7. The molecule has 6 heteroatoms. The highest BCUT2D eigenvalue weighted by molar-refractivity contribution is 9.10. The van der Waals surface area contributed by atoms with Crippen LogP contribution in [-0.2, 0) is 6.61 Å². The standard InChI is InChI=1S/C23H21BrN2O3/c1-16-8-10-19(11-9-16)23(27)26-25-14-18-12-20(24)22(21(13-18)28-2)29-15-17-6-4-3-5-7-17/h3-14H,15H2,1-2H3,(H,26,27)/b25-14-. The van der Waals surface area contributed by atoms with Crippen LogP contribution in [0, 0.1) is 6.92 Å². The van der Waals surface area contributed by atoms with Crippen molar-refractivity contribution < 1.29 is 14.3 Å². The predicted octanol–water partition coefficient (Wildman–Crippen LogP) is 5.11. The molecule has 3 rings (SSSR count). The Balaban J connectivity index is 1.68. The summed E-state index contributed by atoms with van der Waals surface area (Å²) in [5.41, 5.74) is 5.99. The van der Waals surface area contributed by atoms with Gasteiger partial charge in [0.05, 0.1) is 17.8 Å². The number of hydrazone groups is 1. The van der Waals surface area contributed by atoms with E-state index >= 15 is 0 Å². The molecule has 0 saturated heterocycles. The van der Waals surface area contributed by atoms with Crippen LogP contribution in [-0.4, -0.2) is 19.2 Å². The van der Waals surface area contributed by atoms with Crippen LogP contribution in [0.4, 0.5) is 0 Å². The van der Waals surface area contributed by atoms with Crippen molar-refractivity contribution >= 4 is 28.1 Å². The van der Waals surface area contributed by atoms with Crippen LogP contribution < -0.4 is 14.9 Å². The fraction of sp³-hybridized carbons (Fsp3) is 0.130. The van der Waals surface area contributed by atoms with Gasteiger partial charge in [-0.1, -0.05) is 48.0 Å². The Labute approximate surface area is 178 Å². The largest absolute Gasteiger partial charge is 0.493 e. The first kappa shape index (κ1) is 20.6. The number of aryl methyl sites for hydroxylation is 1. The van der Waals surface area contributed by atoms with E-state index in [0.717, 1.165) is 21.2 Å². The highest BCUT2D eigenvalue weighted by atomic mass is 79.9. The second-order valence-corrected chi connectivity index (χ2v) is 7.23. The summed E-state index contributed by atoms with van der Waals surface area (Å²) in [5.74, 6) is 0.911. The zero-order valence-corrected chi connectivity index (χ0v) is 17.8. The third-order valence-corrected chi connectivity index (χ3v) is 4.76. The van der Waals surface area contributed by atoms with E-state index in [-0.39, 0.29) is 5.91 Å². The molecule has 0 spiro atoms. The Kier molecular flexibility index (Phi) is 7.03. The molecule has 5 nitrogen and oxygen atoms in total. The number of ether oxygens (including phenoxy) is 2. The van der Waals surface area contributed by atoms with Crippen molar-refractivity contribution in [3.05, 3.63) is 93.5 Å². The SMILES string of the molecule is COc1cc(/C=N\NC(=O)c2ccc(C)cc2)cc(Br)c1OCc1ccccc1. The molecule has 0 saturated carbocycles. The monoisotopic (exact) mass is 452 g/mol. The molecule has 0 aliphatic carbocycles. The fourth-order valence-electron chi connectivity index (χ4n) is 2.62. The van der Waals surface area contributed by atoms with E-state index in [0.29, 0.717) is 23.7 Å². The van der Waals surface area contributed by atoms with Gasteiger partial charge in [-0.25, -0.2) is 5.43 Å². The quantitative estimate of drug-likeness (QED) is 0.400. The molecule has 0 fully saturated rings. The maximum Gasteiger partial charge on any atom is 0.271 e. The Hall–Kier alpha value is -3.12. The van der Waals surface area contributed by atoms with Crippen molar-refractivity contribution in [2.45, 2.75) is 13.5 Å². The van der Waals surface area contributed by atoms with Gasteiger partial charge in [0, 0.05) is 5.56 Å². The van der Waals surface area contributed by atoms with Gasteiger partial charge in [0.25, 0.3) is 5.91 Å². The summed E-state index contributed by atoms with van der Waals surface area (Å²) in [7, 11) is 1.58. The number of hydrogen-bond donors (Lipinski definition) is 1. The number of rotatable bonds is 7. The lowest BCUT2D eigenvalue weighted by atomic mass is 10.1. The predicted molar refractivity (Wildman–Crippen MR) is 118 cm³/mol. The zero-order valence-electron chi connectivity index (χ0n) is 16.2. The van der Waals surface area contributed by atoms with Crippen molar-refractivity contribution in [1.82, 2.24) is 5.43 Å². The minimum absolute atomic E-state index is 0.268. The molecule has 29 heavy (non-hydrogen) atoms. The molecule has 3 aromatic carbocycles. The van der Waals surface area contributed by atoms with Gasteiger partial charge < -0.3 is 9.47 Å². The summed E-state index contributed by atoms with van der Waals surface area (Å²) in [6.45, 7) is 2.40. The lowest BCUT2D eigenvalue weighted by Crippen LogP contribution is -2.17. The van der Waals surface area contributed by atoms with Crippen LogP contribution in [0.15, 0.2) is 76.3 Å². The Bertz CT molecular complexity index is 1000. The molecule has 0 atom stereocenters. The van der Waals surface area contributed by atoms with Crippen molar-refractivity contribution in [3.8, 4) is 11.5 Å². The van der Waals surface area contributed by atoms with Crippen molar-refractivity contribution in [2.24, 2.45) is 5.10 Å². The maximum absolute atomic E-state index is 12.1. The minimum atomic E-state index is -0.268. The molecule has 0 aliphatic rings. The molecular weight excluding hydrogens is 432 g/mol. The summed E-state index contributed by atoms with van der Waals surface area (Å²) >= 11 is 3.52. The molecule has 1 N–H and O–H groups in total. The van der Waals surface area contributed by atoms with Gasteiger partial charge in [-0.15, -0.1) is 0 Å². The molecule has 0 aliphatic heterocycles. The van der Waals surface area contributed by atoms with Crippen LogP contribution in [0.25, 0.3) is 0 Å². The Morgan fingerprint density at radius 1 is 1.10 bits per heavy atom. The summed E-state index contributed by atoms with van der Waals surface area (Å²) < 4.78 is 12.1. The number of nitrogens with one attached hydrogen (secondary N) is 1. The second kappa shape index (κ2) is 9.89. The summed E-state index contributed by atoms with van der Waals surface area (Å²) in [6, 6.07) is 20.8. The molecule has 0 radical (unpaired) electrons. The van der Waals surface area contributed by atoms with Gasteiger partial charge in [-0.05, 0) is 58.2 Å². The minimum Gasteiger partial charge on any atom is -0.493 e. The third-order valence-electron chi connectivity index (χ3n) is 4.17. The molecule has 0 unspecified atom stereocenters. The van der Waals surface area contributed by atoms with E-state index < -0.39 is 0 Å². The smallest absolute Gasteiger partial charge is 0.271 e. The number of nitrogens with zero attached hydrogens (tertiary/aromatic N) is 1. The van der Waals surface area contributed by atoms with E-state index in [9.17, 15) is 4.79 Å². The third kappa shape index (κ3) is 5.68. The molecule has 1 amide bonds. The molecule has 0 aromatic heterocycles. The van der Waals surface area contributed by atoms with Crippen molar-refractivity contribution in [3.63, 3.8) is 0 Å². The van der Waals surface area contributed by atoms with Crippen LogP contribution in [0.2, 0.25) is 0 Å². The van der Waals surface area contributed by atoms with Gasteiger partial charge in [0.1, 0.15) is 6.61 Å². The number of methoxy groups -OCH3 is 1. The lowest BCUT2D eigenvalue weighted by molar-refractivity contribution is 0.0955. The topological polar surface area (TPSA) is 59.9 Å². The number of amides is 1. The van der Waals surface area contributed by atoms with Gasteiger partial charge in [-0.3, -0.25) is 4.79 Å². The molecule has 3 aromatic rings. The van der Waals surface area contributed by atoms with Gasteiger partial charge >= 0.3 is 0 Å². The molecule has 0 heterocycles.